The highest BCUT2D eigenvalue weighted by atomic mass is 35.5. The van der Waals surface area contributed by atoms with E-state index in [9.17, 15) is 4.79 Å². The topological polar surface area (TPSA) is 98.8 Å². The third-order valence-electron chi connectivity index (χ3n) is 3.87. The smallest absolute Gasteiger partial charge is 0.392 e. The van der Waals surface area contributed by atoms with Gasteiger partial charge in [-0.1, -0.05) is 11.6 Å². The van der Waals surface area contributed by atoms with Crippen molar-refractivity contribution >= 4 is 17.4 Å². The number of aromatic nitrogens is 3. The first kappa shape index (κ1) is 14.6. The molecular weight excluding hydrogens is 306 g/mol. The van der Waals surface area contributed by atoms with E-state index in [1.54, 1.807) is 13.0 Å². The molecule has 114 valence electrons. The quantitative estimate of drug-likeness (QED) is 0.908. The Kier molecular flexibility index (Phi) is 3.86. The maximum absolute atomic E-state index is 11.0. The second-order valence-corrected chi connectivity index (χ2v) is 5.66. The number of piperidine rings is 1. The molecule has 0 saturated carbocycles. The van der Waals surface area contributed by atoms with Gasteiger partial charge in [-0.25, -0.2) is 14.9 Å². The van der Waals surface area contributed by atoms with Gasteiger partial charge in [-0.15, -0.1) is 5.10 Å². The molecule has 0 radical (unpaired) electrons. The standard InChI is InChI=1S/C14H14ClN5O2/c1-8-10(7-16)6-11(15)12(17-8)20-4-2-9(3-5-20)13-18-19-14(21)22-13/h6,9H,2-5H2,1H3,(H,19,21). The molecule has 8 heteroatoms. The predicted molar refractivity (Wildman–Crippen MR) is 80.0 cm³/mol. The molecule has 1 saturated heterocycles. The number of hydrogen-bond donors (Lipinski definition) is 1. The Morgan fingerprint density at radius 1 is 1.50 bits per heavy atom. The van der Waals surface area contributed by atoms with Crippen LogP contribution in [-0.2, 0) is 0 Å². The summed E-state index contributed by atoms with van der Waals surface area (Å²) >= 11 is 6.24. The van der Waals surface area contributed by atoms with E-state index in [4.69, 9.17) is 21.3 Å². The summed E-state index contributed by atoms with van der Waals surface area (Å²) in [6.07, 6.45) is 1.59. The molecule has 0 unspecified atom stereocenters. The van der Waals surface area contributed by atoms with Crippen LogP contribution in [0.4, 0.5) is 5.82 Å². The monoisotopic (exact) mass is 319 g/mol. The fourth-order valence-electron chi connectivity index (χ4n) is 2.66. The highest BCUT2D eigenvalue weighted by molar-refractivity contribution is 6.33. The number of hydrogen-bond acceptors (Lipinski definition) is 6. The SMILES string of the molecule is Cc1nc(N2CCC(c3n[nH]c(=O)o3)CC2)c(Cl)cc1C#N. The van der Waals surface area contributed by atoms with Crippen molar-refractivity contribution in [3.8, 4) is 6.07 Å². The number of halogens is 1. The molecule has 0 aliphatic carbocycles. The summed E-state index contributed by atoms with van der Waals surface area (Å²) < 4.78 is 5.02. The lowest BCUT2D eigenvalue weighted by Crippen LogP contribution is -2.34. The van der Waals surface area contributed by atoms with Crippen molar-refractivity contribution in [3.63, 3.8) is 0 Å². The number of nitriles is 1. The lowest BCUT2D eigenvalue weighted by Gasteiger charge is -2.32. The number of aromatic amines is 1. The largest absolute Gasteiger partial charge is 0.434 e. The maximum atomic E-state index is 11.0. The molecule has 0 bridgehead atoms. The first-order valence-corrected chi connectivity index (χ1v) is 7.34. The summed E-state index contributed by atoms with van der Waals surface area (Å²) in [4.78, 5) is 17.5. The fourth-order valence-corrected chi connectivity index (χ4v) is 2.93. The first-order chi connectivity index (χ1) is 10.6. The molecule has 0 amide bonds. The van der Waals surface area contributed by atoms with Gasteiger partial charge in [-0.2, -0.15) is 5.26 Å². The molecule has 22 heavy (non-hydrogen) atoms. The Bertz CT molecular complexity index is 783. The zero-order chi connectivity index (χ0) is 15.7. The highest BCUT2D eigenvalue weighted by Crippen LogP contribution is 2.32. The number of pyridine rings is 1. The summed E-state index contributed by atoms with van der Waals surface area (Å²) in [6, 6.07) is 3.73. The highest BCUT2D eigenvalue weighted by Gasteiger charge is 2.26. The second kappa shape index (κ2) is 5.81. The minimum Gasteiger partial charge on any atom is -0.392 e. The summed E-state index contributed by atoms with van der Waals surface area (Å²) in [5.74, 6) is 0.748. The van der Waals surface area contributed by atoms with Gasteiger partial charge in [-0.05, 0) is 25.8 Å². The van der Waals surface area contributed by atoms with Gasteiger partial charge in [0.1, 0.15) is 11.9 Å². The summed E-state index contributed by atoms with van der Waals surface area (Å²) in [5.41, 5.74) is 1.16. The number of aryl methyl sites for hydroxylation is 1. The van der Waals surface area contributed by atoms with E-state index in [1.165, 1.54) is 0 Å². The molecule has 0 aromatic carbocycles. The molecule has 2 aromatic heterocycles. The van der Waals surface area contributed by atoms with Crippen LogP contribution in [0.2, 0.25) is 5.02 Å². The number of H-pyrrole nitrogens is 1. The van der Waals surface area contributed by atoms with E-state index in [2.05, 4.69) is 26.2 Å². The molecular formula is C14H14ClN5O2. The van der Waals surface area contributed by atoms with Gasteiger partial charge in [-0.3, -0.25) is 0 Å². The zero-order valence-electron chi connectivity index (χ0n) is 12.0. The van der Waals surface area contributed by atoms with Crippen molar-refractivity contribution in [1.29, 1.82) is 5.26 Å². The van der Waals surface area contributed by atoms with Gasteiger partial charge in [0.05, 0.1) is 16.3 Å². The zero-order valence-corrected chi connectivity index (χ0v) is 12.7. The minimum atomic E-state index is -0.523. The van der Waals surface area contributed by atoms with Gasteiger partial charge in [0.25, 0.3) is 0 Å². The summed E-state index contributed by atoms with van der Waals surface area (Å²) in [7, 11) is 0. The van der Waals surface area contributed by atoms with Crippen molar-refractivity contribution in [2.24, 2.45) is 0 Å². The molecule has 3 heterocycles. The molecule has 1 aliphatic rings. The predicted octanol–water partition coefficient (Wildman–Crippen LogP) is 1.98. The van der Waals surface area contributed by atoms with Crippen LogP contribution in [0.25, 0.3) is 0 Å². The maximum Gasteiger partial charge on any atom is 0.434 e. The Hall–Kier alpha value is -2.33. The normalized spacial score (nSPS) is 15.8. The van der Waals surface area contributed by atoms with Crippen LogP contribution in [-0.4, -0.2) is 28.3 Å². The first-order valence-electron chi connectivity index (χ1n) is 6.96. The van der Waals surface area contributed by atoms with Crippen LogP contribution in [0.15, 0.2) is 15.3 Å². The van der Waals surface area contributed by atoms with Crippen LogP contribution in [0.5, 0.6) is 0 Å². The number of rotatable bonds is 2. The van der Waals surface area contributed by atoms with E-state index in [0.29, 0.717) is 28.0 Å². The molecule has 1 fully saturated rings. The molecule has 0 spiro atoms. The van der Waals surface area contributed by atoms with Crippen molar-refractivity contribution in [1.82, 2.24) is 15.2 Å². The van der Waals surface area contributed by atoms with E-state index >= 15 is 0 Å². The molecule has 1 aliphatic heterocycles. The average molecular weight is 320 g/mol. The van der Waals surface area contributed by atoms with Gasteiger partial charge >= 0.3 is 5.76 Å². The van der Waals surface area contributed by atoms with Gasteiger partial charge in [0.2, 0.25) is 5.89 Å². The fraction of sp³-hybridized carbons (Fsp3) is 0.429. The lowest BCUT2D eigenvalue weighted by molar-refractivity contribution is 0.379. The average Bonchev–Trinajstić information content (AvgIpc) is 2.96. The Morgan fingerprint density at radius 3 is 2.82 bits per heavy atom. The van der Waals surface area contributed by atoms with Gasteiger partial charge in [0.15, 0.2) is 0 Å². The second-order valence-electron chi connectivity index (χ2n) is 5.25. The third kappa shape index (κ3) is 2.70. The Morgan fingerprint density at radius 2 is 2.23 bits per heavy atom. The van der Waals surface area contributed by atoms with Crippen molar-refractivity contribution in [2.75, 3.05) is 18.0 Å². The molecule has 0 atom stereocenters. The van der Waals surface area contributed by atoms with Crippen LogP contribution in [0, 0.1) is 18.3 Å². The van der Waals surface area contributed by atoms with Crippen molar-refractivity contribution < 1.29 is 4.42 Å². The van der Waals surface area contributed by atoms with E-state index in [0.717, 1.165) is 25.9 Å². The van der Waals surface area contributed by atoms with Crippen LogP contribution >= 0.6 is 11.6 Å². The van der Waals surface area contributed by atoms with Crippen LogP contribution in [0.1, 0.15) is 35.9 Å². The Balaban J connectivity index is 1.75. The number of nitrogens with zero attached hydrogens (tertiary/aromatic N) is 4. The van der Waals surface area contributed by atoms with Crippen LogP contribution in [0.3, 0.4) is 0 Å². The van der Waals surface area contributed by atoms with E-state index < -0.39 is 5.76 Å². The summed E-state index contributed by atoms with van der Waals surface area (Å²) in [6.45, 7) is 3.27. The van der Waals surface area contributed by atoms with Crippen molar-refractivity contribution in [3.05, 3.63) is 38.8 Å². The Labute approximate surface area is 131 Å². The third-order valence-corrected chi connectivity index (χ3v) is 4.15. The van der Waals surface area contributed by atoms with E-state index in [-0.39, 0.29) is 5.92 Å². The van der Waals surface area contributed by atoms with Gasteiger partial charge < -0.3 is 9.32 Å². The number of nitrogens with one attached hydrogen (secondary N) is 1. The molecule has 3 rings (SSSR count). The van der Waals surface area contributed by atoms with Crippen LogP contribution < -0.4 is 10.7 Å². The molecule has 7 nitrogen and oxygen atoms in total. The van der Waals surface area contributed by atoms with Crippen molar-refractivity contribution in [2.45, 2.75) is 25.7 Å². The molecule has 1 N–H and O–H groups in total. The lowest BCUT2D eigenvalue weighted by atomic mass is 9.97. The number of anilines is 1. The minimum absolute atomic E-state index is 0.119. The summed E-state index contributed by atoms with van der Waals surface area (Å²) in [5, 5.41) is 15.7. The molecule has 2 aromatic rings. The van der Waals surface area contributed by atoms with Gasteiger partial charge in [0, 0.05) is 19.0 Å². The van der Waals surface area contributed by atoms with E-state index in [1.807, 2.05) is 0 Å².